The lowest BCUT2D eigenvalue weighted by Gasteiger charge is -2.32. The van der Waals surface area contributed by atoms with E-state index in [1.165, 1.54) is 27.8 Å². The zero-order valence-electron chi connectivity index (χ0n) is 28.7. The fourth-order valence-electron chi connectivity index (χ4n) is 6.86. The molecule has 44 heavy (non-hydrogen) atoms. The molecule has 5 N–H and O–H groups in total. The van der Waals surface area contributed by atoms with Gasteiger partial charge in [0.1, 0.15) is 6.33 Å². The van der Waals surface area contributed by atoms with Gasteiger partial charge in [0.05, 0.1) is 5.69 Å². The molecule has 7 heteroatoms. The average Bonchev–Trinajstić information content (AvgIpc) is 3.18. The number of carbonyl (C=O) groups excluding carboxylic acids is 1. The van der Waals surface area contributed by atoms with Crippen LogP contribution in [0.2, 0.25) is 0 Å². The van der Waals surface area contributed by atoms with Crippen LogP contribution in [0.5, 0.6) is 0 Å². The highest BCUT2D eigenvalue weighted by atomic mass is 16.4. The van der Waals surface area contributed by atoms with Gasteiger partial charge in [0.25, 0.3) is 5.97 Å². The minimum atomic E-state index is -0.833. The largest absolute Gasteiger partial charge is 0.481 e. The van der Waals surface area contributed by atoms with Crippen LogP contribution in [0.1, 0.15) is 116 Å². The van der Waals surface area contributed by atoms with Crippen molar-refractivity contribution in [1.82, 2.24) is 9.97 Å². The minimum absolute atomic E-state index is 0.143. The van der Waals surface area contributed by atoms with Crippen LogP contribution in [0.25, 0.3) is 11.3 Å². The number of carboxylic acids is 1. The molecule has 3 aromatic rings. The molecule has 2 aromatic carbocycles. The number of hydrogen-bond donors (Lipinski definition) is 3. The number of hydrogen-bond acceptors (Lipinski definition) is 4. The van der Waals surface area contributed by atoms with E-state index in [1.54, 1.807) is 19.4 Å². The van der Waals surface area contributed by atoms with Crippen LogP contribution in [0.4, 0.5) is 0 Å². The van der Waals surface area contributed by atoms with E-state index in [0.717, 1.165) is 24.5 Å². The normalized spacial score (nSPS) is 20.5. The van der Waals surface area contributed by atoms with Crippen molar-refractivity contribution in [2.24, 2.45) is 17.6 Å². The van der Waals surface area contributed by atoms with Crippen LogP contribution in [0.15, 0.2) is 55.0 Å². The van der Waals surface area contributed by atoms with E-state index in [-0.39, 0.29) is 27.4 Å². The first-order chi connectivity index (χ1) is 20.2. The Bertz CT molecular complexity index is 1490. The highest BCUT2D eigenvalue weighted by molar-refractivity contribution is 5.94. The Kier molecular flexibility index (Phi) is 11.1. The van der Waals surface area contributed by atoms with E-state index in [4.69, 9.17) is 9.90 Å². The minimum Gasteiger partial charge on any atom is -0.481 e. The summed E-state index contributed by atoms with van der Waals surface area (Å²) in [6.07, 6.45) is 4.41. The summed E-state index contributed by atoms with van der Waals surface area (Å²) in [5.41, 5.74) is 14.0. The van der Waals surface area contributed by atoms with Gasteiger partial charge in [0.15, 0.2) is 5.78 Å². The van der Waals surface area contributed by atoms with Gasteiger partial charge in [-0.3, -0.25) is 20.7 Å². The predicted molar refractivity (Wildman–Crippen MR) is 180 cm³/mol. The standard InChI is InChI=1S/C18H22N2.C16H22O.C2H4O2.CH4N2/c1-12-17(2,3)14-7-6-13(10-15(14)18(12,4)5)16-8-9-19-11-20-16;1-10(17)12-7-8-13-14(9-12)16(5,6)11(2)15(13,3)4;1-2(3)4;2-1-3/h6-12H,1-5H3;7-9,11H,1-6H3;1H3,(H,3,4);1H,(H3,2,3)/p+1. The summed E-state index contributed by atoms with van der Waals surface area (Å²) in [4.78, 5) is 28.9. The Balaban J connectivity index is 0.000000256. The van der Waals surface area contributed by atoms with Crippen molar-refractivity contribution in [3.8, 4) is 11.3 Å². The number of carbonyl (C=O) groups is 2. The van der Waals surface area contributed by atoms with Crippen molar-refractivity contribution in [2.45, 2.75) is 105 Å². The average molecular weight is 602 g/mol. The molecule has 0 radical (unpaired) electrons. The summed E-state index contributed by atoms with van der Waals surface area (Å²) in [5.74, 6) is 0.513. The molecule has 0 saturated carbocycles. The van der Waals surface area contributed by atoms with Gasteiger partial charge >= 0.3 is 0 Å². The van der Waals surface area contributed by atoms with Crippen molar-refractivity contribution in [3.63, 3.8) is 0 Å². The zero-order chi connectivity index (χ0) is 33.8. The molecule has 0 saturated heterocycles. The fraction of sp³-hybridized carbons (Fsp3) is 0.486. The highest BCUT2D eigenvalue weighted by Gasteiger charge is 2.49. The summed E-state index contributed by atoms with van der Waals surface area (Å²) < 4.78 is 0. The second-order valence-corrected chi connectivity index (χ2v) is 14.2. The van der Waals surface area contributed by atoms with Crippen molar-refractivity contribution >= 4 is 18.1 Å². The molecule has 0 amide bonds. The molecule has 2 aliphatic carbocycles. The Labute approximate surface area is 264 Å². The number of aromatic nitrogens is 2. The second kappa shape index (κ2) is 13.4. The molecular weight excluding hydrogens is 548 g/mol. The smallest absolute Gasteiger partial charge is 0.300 e. The van der Waals surface area contributed by atoms with Crippen LogP contribution >= 0.6 is 0 Å². The van der Waals surface area contributed by atoms with Crippen molar-refractivity contribution in [1.29, 1.82) is 0 Å². The third kappa shape index (κ3) is 7.09. The quantitative estimate of drug-likeness (QED) is 0.180. The first-order valence-electron chi connectivity index (χ1n) is 15.2. The molecule has 0 spiro atoms. The van der Waals surface area contributed by atoms with Gasteiger partial charge in [0.2, 0.25) is 6.34 Å². The summed E-state index contributed by atoms with van der Waals surface area (Å²) in [6, 6.07) is 15.0. The van der Waals surface area contributed by atoms with Crippen LogP contribution in [-0.4, -0.2) is 33.2 Å². The number of nitrogens with zero attached hydrogens (tertiary/aromatic N) is 2. The van der Waals surface area contributed by atoms with E-state index in [9.17, 15) is 4.79 Å². The molecule has 1 heterocycles. The maximum Gasteiger partial charge on any atom is 0.300 e. The third-order valence-corrected chi connectivity index (χ3v) is 10.4. The number of Topliss-reactive ketones (excluding diaryl/α,β-unsaturated/α-hetero) is 1. The lowest BCUT2D eigenvalue weighted by molar-refractivity contribution is -0.134. The molecule has 0 fully saturated rings. The van der Waals surface area contributed by atoms with Gasteiger partial charge in [-0.2, -0.15) is 0 Å². The predicted octanol–water partition coefficient (Wildman–Crippen LogP) is 6.27. The maximum atomic E-state index is 11.5. The fourth-order valence-corrected chi connectivity index (χ4v) is 6.86. The lowest BCUT2D eigenvalue weighted by Crippen LogP contribution is -2.33. The molecule has 2 atom stereocenters. The molecule has 238 valence electrons. The number of fused-ring (bicyclic) bond motifs is 2. The summed E-state index contributed by atoms with van der Waals surface area (Å²) >= 11 is 0. The number of carboxylic acid groups (broad SMARTS) is 1. The zero-order valence-corrected chi connectivity index (χ0v) is 28.7. The van der Waals surface area contributed by atoms with Gasteiger partial charge in [-0.05, 0) is 80.9 Å². The highest BCUT2D eigenvalue weighted by Crippen LogP contribution is 2.55. The monoisotopic (exact) mass is 601 g/mol. The Morgan fingerprint density at radius 3 is 1.59 bits per heavy atom. The maximum absolute atomic E-state index is 11.5. The SMILES string of the molecule is CC(=O)O.CC(=O)c1ccc2c(c1)C(C)(C)C(C)C2(C)C.CC1C(C)(C)c2ccc(-c3ccncn3)cc2C1(C)C.NC=[NH2+]. The van der Waals surface area contributed by atoms with Crippen LogP contribution in [0.3, 0.4) is 0 Å². The van der Waals surface area contributed by atoms with Crippen molar-refractivity contribution in [2.75, 3.05) is 0 Å². The number of benzene rings is 2. The molecule has 2 unspecified atom stereocenters. The number of rotatable bonds is 2. The number of aliphatic carboxylic acids is 1. The summed E-state index contributed by atoms with van der Waals surface area (Å²) in [5, 5.41) is 11.9. The van der Waals surface area contributed by atoms with Gasteiger partial charge < -0.3 is 5.11 Å². The van der Waals surface area contributed by atoms with Crippen LogP contribution in [0, 0.1) is 11.8 Å². The van der Waals surface area contributed by atoms with Gasteiger partial charge in [-0.15, -0.1) is 0 Å². The molecule has 1 aromatic heterocycles. The van der Waals surface area contributed by atoms with Crippen LogP contribution < -0.4 is 11.1 Å². The second-order valence-electron chi connectivity index (χ2n) is 14.2. The topological polar surface area (TPSA) is 132 Å². The molecule has 5 rings (SSSR count). The summed E-state index contributed by atoms with van der Waals surface area (Å²) in [6.45, 7) is 26.0. The number of ketones is 1. The summed E-state index contributed by atoms with van der Waals surface area (Å²) in [7, 11) is 0. The van der Waals surface area contributed by atoms with E-state index >= 15 is 0 Å². The van der Waals surface area contributed by atoms with Crippen molar-refractivity contribution < 1.29 is 20.1 Å². The molecule has 2 aliphatic rings. The van der Waals surface area contributed by atoms with E-state index in [1.807, 2.05) is 12.1 Å². The molecule has 0 aliphatic heterocycles. The molecular formula is C37H53N4O3+. The first-order valence-corrected chi connectivity index (χ1v) is 15.2. The lowest BCUT2D eigenvalue weighted by atomic mass is 9.71. The van der Waals surface area contributed by atoms with Crippen molar-refractivity contribution in [3.05, 3.63) is 82.8 Å². The van der Waals surface area contributed by atoms with Gasteiger partial charge in [0, 0.05) is 24.2 Å². The van der Waals surface area contributed by atoms with E-state index in [0.29, 0.717) is 11.8 Å². The van der Waals surface area contributed by atoms with E-state index in [2.05, 4.69) is 121 Å². The Morgan fingerprint density at radius 1 is 0.773 bits per heavy atom. The third-order valence-electron chi connectivity index (χ3n) is 10.4. The first kappa shape index (κ1) is 36.3. The van der Waals surface area contributed by atoms with Gasteiger partial charge in [-0.1, -0.05) is 93.5 Å². The Hall–Kier alpha value is -3.87. The molecule has 0 bridgehead atoms. The van der Waals surface area contributed by atoms with Gasteiger partial charge in [-0.25, -0.2) is 9.97 Å². The van der Waals surface area contributed by atoms with Crippen LogP contribution in [-0.2, 0) is 26.5 Å². The number of nitrogens with two attached hydrogens (primary N) is 2. The Morgan fingerprint density at radius 2 is 1.18 bits per heavy atom. The molecule has 7 nitrogen and oxygen atoms in total. The van der Waals surface area contributed by atoms with E-state index < -0.39 is 5.97 Å².